The summed E-state index contributed by atoms with van der Waals surface area (Å²) in [7, 11) is 3.77. The van der Waals surface area contributed by atoms with Crippen LogP contribution in [-0.4, -0.2) is 35.1 Å². The molecule has 20 heavy (non-hydrogen) atoms. The summed E-state index contributed by atoms with van der Waals surface area (Å²) < 4.78 is 0. The second-order valence-electron chi connectivity index (χ2n) is 5.22. The topological polar surface area (TPSA) is 92.0 Å². The third-order valence-electron chi connectivity index (χ3n) is 3.02. The van der Waals surface area contributed by atoms with Crippen molar-refractivity contribution in [2.75, 3.05) is 29.7 Å². The highest BCUT2D eigenvalue weighted by Gasteiger charge is 2.09. The second-order valence-corrected chi connectivity index (χ2v) is 5.22. The van der Waals surface area contributed by atoms with Gasteiger partial charge in [0.25, 0.3) is 0 Å². The van der Waals surface area contributed by atoms with Gasteiger partial charge in [-0.2, -0.15) is 15.0 Å². The second kappa shape index (κ2) is 8.52. The minimum absolute atomic E-state index is 0.329. The first-order chi connectivity index (χ1) is 9.56. The number of nitrogen functional groups attached to an aromatic ring is 1. The quantitative estimate of drug-likeness (QED) is 0.362. The molecule has 0 fully saturated rings. The van der Waals surface area contributed by atoms with Crippen molar-refractivity contribution >= 4 is 17.8 Å². The number of hydrogen-bond donors (Lipinski definition) is 3. The lowest BCUT2D eigenvalue weighted by Gasteiger charge is -2.16. The molecule has 0 saturated heterocycles. The molecule has 0 saturated carbocycles. The van der Waals surface area contributed by atoms with Gasteiger partial charge in [0.15, 0.2) is 0 Å². The standard InChI is InChI=1S/C13H27N7/c1-5-6-7-8-9-10(2)15-11-16-12(19-14)18-13(17-11)20(3)4/h10H,5-9,14H2,1-4H3,(H2,15,16,17,18,19). The molecule has 114 valence electrons. The number of anilines is 3. The number of rotatable bonds is 9. The molecule has 0 spiro atoms. The van der Waals surface area contributed by atoms with Gasteiger partial charge in [0.2, 0.25) is 17.8 Å². The number of nitrogens with one attached hydrogen (secondary N) is 2. The molecule has 1 aromatic rings. The van der Waals surface area contributed by atoms with E-state index in [1.54, 1.807) is 0 Å². The van der Waals surface area contributed by atoms with Crippen LogP contribution in [0.5, 0.6) is 0 Å². The van der Waals surface area contributed by atoms with E-state index in [-0.39, 0.29) is 0 Å². The molecule has 7 heteroatoms. The Morgan fingerprint density at radius 2 is 1.80 bits per heavy atom. The Bertz CT molecular complexity index is 394. The maximum atomic E-state index is 5.38. The van der Waals surface area contributed by atoms with E-state index in [2.05, 4.69) is 39.5 Å². The van der Waals surface area contributed by atoms with E-state index in [0.29, 0.717) is 23.9 Å². The first kappa shape index (κ1) is 16.4. The molecule has 1 aromatic heterocycles. The fourth-order valence-electron chi connectivity index (χ4n) is 1.86. The van der Waals surface area contributed by atoms with Gasteiger partial charge in [-0.05, 0) is 13.3 Å². The summed E-state index contributed by atoms with van der Waals surface area (Å²) in [4.78, 5) is 14.6. The van der Waals surface area contributed by atoms with Gasteiger partial charge in [0.05, 0.1) is 0 Å². The van der Waals surface area contributed by atoms with Crippen molar-refractivity contribution in [3.05, 3.63) is 0 Å². The third-order valence-corrected chi connectivity index (χ3v) is 3.02. The summed E-state index contributed by atoms with van der Waals surface area (Å²) in [6, 6.07) is 0.329. The highest BCUT2D eigenvalue weighted by atomic mass is 15.4. The molecule has 4 N–H and O–H groups in total. The number of hydrogen-bond acceptors (Lipinski definition) is 7. The van der Waals surface area contributed by atoms with Crippen LogP contribution in [0.3, 0.4) is 0 Å². The zero-order chi connectivity index (χ0) is 15.0. The normalized spacial score (nSPS) is 12.1. The molecule has 0 aromatic carbocycles. The summed E-state index contributed by atoms with van der Waals surface area (Å²) in [6.45, 7) is 4.36. The fraction of sp³-hybridized carbons (Fsp3) is 0.769. The van der Waals surface area contributed by atoms with E-state index in [1.807, 2.05) is 19.0 Å². The van der Waals surface area contributed by atoms with Crippen LogP contribution in [0.15, 0.2) is 0 Å². The van der Waals surface area contributed by atoms with Gasteiger partial charge in [0.1, 0.15) is 0 Å². The van der Waals surface area contributed by atoms with Crippen LogP contribution >= 0.6 is 0 Å². The minimum atomic E-state index is 0.329. The van der Waals surface area contributed by atoms with Crippen molar-refractivity contribution in [1.82, 2.24) is 15.0 Å². The number of nitrogens with two attached hydrogens (primary N) is 1. The van der Waals surface area contributed by atoms with E-state index >= 15 is 0 Å². The zero-order valence-electron chi connectivity index (χ0n) is 13.0. The molecule has 1 unspecified atom stereocenters. The molecule has 7 nitrogen and oxygen atoms in total. The lowest BCUT2D eigenvalue weighted by atomic mass is 10.1. The summed E-state index contributed by atoms with van der Waals surface area (Å²) in [5.41, 5.74) is 2.47. The third kappa shape index (κ3) is 5.56. The fourth-order valence-corrected chi connectivity index (χ4v) is 1.86. The van der Waals surface area contributed by atoms with Crippen molar-refractivity contribution in [1.29, 1.82) is 0 Å². The average Bonchev–Trinajstić information content (AvgIpc) is 2.43. The molecule has 1 rings (SSSR count). The monoisotopic (exact) mass is 281 g/mol. The number of aromatic nitrogens is 3. The van der Waals surface area contributed by atoms with Crippen molar-refractivity contribution in [2.45, 2.75) is 52.0 Å². The van der Waals surface area contributed by atoms with Gasteiger partial charge in [-0.15, -0.1) is 0 Å². The Morgan fingerprint density at radius 3 is 2.40 bits per heavy atom. The van der Waals surface area contributed by atoms with E-state index in [9.17, 15) is 0 Å². The number of nitrogens with zero attached hydrogens (tertiary/aromatic N) is 4. The lowest BCUT2D eigenvalue weighted by Crippen LogP contribution is -2.22. The van der Waals surface area contributed by atoms with Crippen molar-refractivity contribution in [2.24, 2.45) is 5.84 Å². The van der Waals surface area contributed by atoms with Gasteiger partial charge in [0, 0.05) is 20.1 Å². The van der Waals surface area contributed by atoms with E-state index in [1.165, 1.54) is 25.7 Å². The molecule has 1 heterocycles. The number of unbranched alkanes of at least 4 members (excludes halogenated alkanes) is 3. The minimum Gasteiger partial charge on any atom is -0.352 e. The highest BCUT2D eigenvalue weighted by Crippen LogP contribution is 2.13. The molecule has 0 bridgehead atoms. The molecular formula is C13H27N7. The Labute approximate surface area is 121 Å². The Morgan fingerprint density at radius 1 is 1.10 bits per heavy atom. The first-order valence-corrected chi connectivity index (χ1v) is 7.23. The van der Waals surface area contributed by atoms with Gasteiger partial charge >= 0.3 is 0 Å². The maximum Gasteiger partial charge on any atom is 0.243 e. The number of hydrazine groups is 1. The van der Waals surface area contributed by atoms with Crippen molar-refractivity contribution in [3.8, 4) is 0 Å². The molecular weight excluding hydrogens is 254 g/mol. The van der Waals surface area contributed by atoms with E-state index < -0.39 is 0 Å². The van der Waals surface area contributed by atoms with Crippen LogP contribution in [0.25, 0.3) is 0 Å². The molecule has 0 aliphatic carbocycles. The summed E-state index contributed by atoms with van der Waals surface area (Å²) in [5.74, 6) is 6.88. The Kier molecular flexibility index (Phi) is 7.00. The van der Waals surface area contributed by atoms with Crippen LogP contribution < -0.4 is 21.5 Å². The first-order valence-electron chi connectivity index (χ1n) is 7.23. The summed E-state index contributed by atoms with van der Waals surface area (Å²) in [6.07, 6.45) is 6.15. The van der Waals surface area contributed by atoms with Crippen LogP contribution in [0.1, 0.15) is 46.0 Å². The van der Waals surface area contributed by atoms with Crippen molar-refractivity contribution < 1.29 is 0 Å². The predicted molar refractivity (Wildman–Crippen MR) is 83.8 cm³/mol. The largest absolute Gasteiger partial charge is 0.352 e. The predicted octanol–water partition coefficient (Wildman–Crippen LogP) is 1.99. The van der Waals surface area contributed by atoms with Gasteiger partial charge in [-0.3, -0.25) is 5.43 Å². The SMILES string of the molecule is CCCCCCC(C)Nc1nc(NN)nc(N(C)C)n1. The van der Waals surface area contributed by atoms with Gasteiger partial charge in [-0.25, -0.2) is 5.84 Å². The molecule has 0 amide bonds. The smallest absolute Gasteiger partial charge is 0.243 e. The Hall–Kier alpha value is -1.63. The summed E-state index contributed by atoms with van der Waals surface area (Å²) in [5, 5.41) is 3.30. The molecule has 0 radical (unpaired) electrons. The maximum absolute atomic E-state index is 5.38. The highest BCUT2D eigenvalue weighted by molar-refractivity contribution is 5.42. The molecule has 0 aliphatic rings. The van der Waals surface area contributed by atoms with Crippen LogP contribution in [0, 0.1) is 0 Å². The van der Waals surface area contributed by atoms with E-state index in [0.717, 1.165) is 6.42 Å². The van der Waals surface area contributed by atoms with Gasteiger partial charge in [-0.1, -0.05) is 32.6 Å². The van der Waals surface area contributed by atoms with Crippen LogP contribution in [0.4, 0.5) is 17.8 Å². The lowest BCUT2D eigenvalue weighted by molar-refractivity contribution is 0.591. The summed E-state index contributed by atoms with van der Waals surface area (Å²) >= 11 is 0. The molecule has 0 aliphatic heterocycles. The molecule has 1 atom stereocenters. The zero-order valence-corrected chi connectivity index (χ0v) is 13.0. The van der Waals surface area contributed by atoms with Crippen LogP contribution in [-0.2, 0) is 0 Å². The average molecular weight is 281 g/mol. The van der Waals surface area contributed by atoms with E-state index in [4.69, 9.17) is 5.84 Å². The van der Waals surface area contributed by atoms with Crippen molar-refractivity contribution in [3.63, 3.8) is 0 Å². The Balaban J connectivity index is 2.59. The van der Waals surface area contributed by atoms with Gasteiger partial charge < -0.3 is 10.2 Å². The van der Waals surface area contributed by atoms with Crippen LogP contribution in [0.2, 0.25) is 0 Å².